The second-order valence-electron chi connectivity index (χ2n) is 4.78. The molecule has 0 aliphatic carbocycles. The SMILES string of the molecule is CNC(CCCC(C)C)c1ccncc1OC. The van der Waals surface area contributed by atoms with Gasteiger partial charge in [-0.25, -0.2) is 0 Å². The summed E-state index contributed by atoms with van der Waals surface area (Å²) in [6, 6.07) is 2.39. The number of ether oxygens (including phenoxy) is 1. The van der Waals surface area contributed by atoms with Crippen LogP contribution in [0.25, 0.3) is 0 Å². The highest BCUT2D eigenvalue weighted by Gasteiger charge is 2.13. The van der Waals surface area contributed by atoms with Crippen LogP contribution in [0.1, 0.15) is 44.7 Å². The molecule has 0 aromatic carbocycles. The molecule has 96 valence electrons. The van der Waals surface area contributed by atoms with Crippen LogP contribution < -0.4 is 10.1 Å². The van der Waals surface area contributed by atoms with Crippen molar-refractivity contribution in [1.29, 1.82) is 0 Å². The van der Waals surface area contributed by atoms with E-state index in [9.17, 15) is 0 Å². The quantitative estimate of drug-likeness (QED) is 0.789. The van der Waals surface area contributed by atoms with Crippen molar-refractivity contribution in [2.75, 3.05) is 14.2 Å². The molecule has 0 radical (unpaired) electrons. The molecule has 0 aliphatic rings. The minimum atomic E-state index is 0.353. The van der Waals surface area contributed by atoms with Crippen LogP contribution in [0.15, 0.2) is 18.5 Å². The monoisotopic (exact) mass is 236 g/mol. The van der Waals surface area contributed by atoms with E-state index in [0.29, 0.717) is 6.04 Å². The first-order valence-corrected chi connectivity index (χ1v) is 6.34. The summed E-state index contributed by atoms with van der Waals surface area (Å²) in [5.41, 5.74) is 1.20. The zero-order valence-electron chi connectivity index (χ0n) is 11.4. The first-order chi connectivity index (χ1) is 8.19. The number of hydrogen-bond donors (Lipinski definition) is 1. The highest BCUT2D eigenvalue weighted by molar-refractivity contribution is 5.32. The zero-order valence-corrected chi connectivity index (χ0v) is 11.4. The molecule has 3 heteroatoms. The van der Waals surface area contributed by atoms with Crippen molar-refractivity contribution in [3.63, 3.8) is 0 Å². The Balaban J connectivity index is 2.65. The lowest BCUT2D eigenvalue weighted by Gasteiger charge is -2.19. The smallest absolute Gasteiger partial charge is 0.141 e. The van der Waals surface area contributed by atoms with Crippen LogP contribution in [0.3, 0.4) is 0 Å². The van der Waals surface area contributed by atoms with E-state index in [1.807, 2.05) is 19.3 Å². The first-order valence-electron chi connectivity index (χ1n) is 6.34. The van der Waals surface area contributed by atoms with E-state index in [4.69, 9.17) is 4.74 Å². The summed E-state index contributed by atoms with van der Waals surface area (Å²) in [7, 11) is 3.70. The Labute approximate surface area is 105 Å². The third kappa shape index (κ3) is 4.35. The number of aromatic nitrogens is 1. The fraction of sp³-hybridized carbons (Fsp3) is 0.643. The lowest BCUT2D eigenvalue weighted by molar-refractivity contribution is 0.392. The second kappa shape index (κ2) is 7.28. The van der Waals surface area contributed by atoms with Gasteiger partial charge in [0.25, 0.3) is 0 Å². The van der Waals surface area contributed by atoms with Gasteiger partial charge < -0.3 is 10.1 Å². The number of rotatable bonds is 7. The van der Waals surface area contributed by atoms with Crippen molar-refractivity contribution in [2.24, 2.45) is 5.92 Å². The Morgan fingerprint density at radius 2 is 2.12 bits per heavy atom. The van der Waals surface area contributed by atoms with Crippen LogP contribution in [0.4, 0.5) is 0 Å². The molecule has 1 heterocycles. The van der Waals surface area contributed by atoms with Crippen LogP contribution in [0.5, 0.6) is 5.75 Å². The zero-order chi connectivity index (χ0) is 12.7. The van der Waals surface area contributed by atoms with Crippen LogP contribution in [-0.2, 0) is 0 Å². The van der Waals surface area contributed by atoms with E-state index in [2.05, 4.69) is 24.1 Å². The van der Waals surface area contributed by atoms with Gasteiger partial charge in [-0.3, -0.25) is 4.98 Å². The normalized spacial score (nSPS) is 12.8. The average Bonchev–Trinajstić information content (AvgIpc) is 2.34. The molecule has 0 aliphatic heterocycles. The minimum Gasteiger partial charge on any atom is -0.495 e. The molecule has 1 aromatic rings. The number of hydrogen-bond acceptors (Lipinski definition) is 3. The predicted octanol–water partition coefficient (Wildman–Crippen LogP) is 3.18. The van der Waals surface area contributed by atoms with Crippen molar-refractivity contribution in [3.05, 3.63) is 24.0 Å². The van der Waals surface area contributed by atoms with Crippen molar-refractivity contribution in [1.82, 2.24) is 10.3 Å². The topological polar surface area (TPSA) is 34.2 Å². The maximum Gasteiger partial charge on any atom is 0.141 e. The van der Waals surface area contributed by atoms with Gasteiger partial charge in [0.2, 0.25) is 0 Å². The summed E-state index contributed by atoms with van der Waals surface area (Å²) in [5.74, 6) is 1.64. The number of pyridine rings is 1. The first kappa shape index (κ1) is 14.0. The Hall–Kier alpha value is -1.09. The summed E-state index contributed by atoms with van der Waals surface area (Å²) < 4.78 is 5.35. The van der Waals surface area contributed by atoms with Crippen LogP contribution in [0, 0.1) is 5.92 Å². The molecule has 17 heavy (non-hydrogen) atoms. The lowest BCUT2D eigenvalue weighted by atomic mass is 9.98. The predicted molar refractivity (Wildman–Crippen MR) is 71.3 cm³/mol. The molecule has 1 unspecified atom stereocenters. The Morgan fingerprint density at radius 3 is 2.71 bits per heavy atom. The summed E-state index contributed by atoms with van der Waals surface area (Å²) >= 11 is 0. The molecular formula is C14H24N2O. The maximum atomic E-state index is 5.35. The molecule has 0 saturated heterocycles. The highest BCUT2D eigenvalue weighted by atomic mass is 16.5. The molecule has 3 nitrogen and oxygen atoms in total. The molecule has 1 aromatic heterocycles. The lowest BCUT2D eigenvalue weighted by Crippen LogP contribution is -2.17. The van der Waals surface area contributed by atoms with E-state index in [-0.39, 0.29) is 0 Å². The largest absolute Gasteiger partial charge is 0.495 e. The minimum absolute atomic E-state index is 0.353. The molecular weight excluding hydrogens is 212 g/mol. The molecule has 0 amide bonds. The van der Waals surface area contributed by atoms with Gasteiger partial charge in [-0.15, -0.1) is 0 Å². The van der Waals surface area contributed by atoms with E-state index >= 15 is 0 Å². The van der Waals surface area contributed by atoms with Crippen LogP contribution in [-0.4, -0.2) is 19.1 Å². The molecule has 0 saturated carbocycles. The molecule has 0 spiro atoms. The molecule has 1 N–H and O–H groups in total. The van der Waals surface area contributed by atoms with Crippen LogP contribution >= 0.6 is 0 Å². The third-order valence-electron chi connectivity index (χ3n) is 3.03. The van der Waals surface area contributed by atoms with E-state index in [1.54, 1.807) is 13.3 Å². The van der Waals surface area contributed by atoms with Gasteiger partial charge in [0, 0.05) is 17.8 Å². The maximum absolute atomic E-state index is 5.35. The van der Waals surface area contributed by atoms with Crippen LogP contribution in [0.2, 0.25) is 0 Å². The third-order valence-corrected chi connectivity index (χ3v) is 3.03. The Morgan fingerprint density at radius 1 is 1.35 bits per heavy atom. The van der Waals surface area contributed by atoms with Gasteiger partial charge in [0.15, 0.2) is 0 Å². The van der Waals surface area contributed by atoms with Crippen molar-refractivity contribution in [3.8, 4) is 5.75 Å². The Kier molecular flexibility index (Phi) is 5.98. The standard InChI is InChI=1S/C14H24N2O/c1-11(2)6-5-7-13(15-3)12-8-9-16-10-14(12)17-4/h8-11,13,15H,5-7H2,1-4H3. The van der Waals surface area contributed by atoms with Gasteiger partial charge in [0.05, 0.1) is 13.3 Å². The summed E-state index contributed by atoms with van der Waals surface area (Å²) in [4.78, 5) is 4.09. The summed E-state index contributed by atoms with van der Waals surface area (Å²) in [6.07, 6.45) is 7.24. The van der Waals surface area contributed by atoms with E-state index in [0.717, 1.165) is 18.1 Å². The van der Waals surface area contributed by atoms with Gasteiger partial charge in [-0.2, -0.15) is 0 Å². The molecule has 1 atom stereocenters. The Bertz CT molecular complexity index is 326. The number of nitrogens with one attached hydrogen (secondary N) is 1. The van der Waals surface area contributed by atoms with Crippen molar-refractivity contribution in [2.45, 2.75) is 39.2 Å². The van der Waals surface area contributed by atoms with Gasteiger partial charge in [0.1, 0.15) is 5.75 Å². The summed E-state index contributed by atoms with van der Waals surface area (Å²) in [6.45, 7) is 4.53. The number of nitrogens with zero attached hydrogens (tertiary/aromatic N) is 1. The second-order valence-corrected chi connectivity index (χ2v) is 4.78. The summed E-state index contributed by atoms with van der Waals surface area (Å²) in [5, 5.41) is 3.36. The van der Waals surface area contributed by atoms with E-state index < -0.39 is 0 Å². The highest BCUT2D eigenvalue weighted by Crippen LogP contribution is 2.27. The van der Waals surface area contributed by atoms with Crippen molar-refractivity contribution >= 4 is 0 Å². The van der Waals surface area contributed by atoms with Gasteiger partial charge >= 0.3 is 0 Å². The fourth-order valence-electron chi connectivity index (χ4n) is 2.03. The fourth-order valence-corrected chi connectivity index (χ4v) is 2.03. The van der Waals surface area contributed by atoms with Crippen molar-refractivity contribution < 1.29 is 4.74 Å². The molecule has 0 fully saturated rings. The van der Waals surface area contributed by atoms with Gasteiger partial charge in [-0.05, 0) is 25.5 Å². The number of methoxy groups -OCH3 is 1. The average molecular weight is 236 g/mol. The molecule has 0 bridgehead atoms. The molecule has 1 rings (SSSR count). The van der Waals surface area contributed by atoms with E-state index in [1.165, 1.54) is 18.4 Å². The van der Waals surface area contributed by atoms with Gasteiger partial charge in [-0.1, -0.05) is 26.7 Å².